The SMILES string of the molecule is O=c1cc(Cl)nc(C2CC2)n1CC(F)(F)F. The summed E-state index contributed by atoms with van der Waals surface area (Å²) in [4.78, 5) is 15.2. The van der Waals surface area contributed by atoms with Gasteiger partial charge in [0.05, 0.1) is 0 Å². The predicted molar refractivity (Wildman–Crippen MR) is 51.5 cm³/mol. The molecule has 0 unspecified atom stereocenters. The number of hydrogen-bond acceptors (Lipinski definition) is 2. The van der Waals surface area contributed by atoms with E-state index in [2.05, 4.69) is 4.98 Å². The smallest absolute Gasteiger partial charge is 0.287 e. The van der Waals surface area contributed by atoms with Crippen molar-refractivity contribution in [3.63, 3.8) is 0 Å². The molecule has 1 aliphatic carbocycles. The Morgan fingerprint density at radius 3 is 2.62 bits per heavy atom. The Balaban J connectivity index is 2.45. The summed E-state index contributed by atoms with van der Waals surface area (Å²) in [7, 11) is 0. The molecule has 0 bridgehead atoms. The Bertz CT molecular complexity index is 465. The molecule has 1 fully saturated rings. The van der Waals surface area contributed by atoms with Crippen molar-refractivity contribution in [2.24, 2.45) is 0 Å². The van der Waals surface area contributed by atoms with E-state index in [1.54, 1.807) is 0 Å². The summed E-state index contributed by atoms with van der Waals surface area (Å²) in [5, 5.41) is -0.0506. The summed E-state index contributed by atoms with van der Waals surface area (Å²) < 4.78 is 37.5. The first kappa shape index (κ1) is 11.4. The predicted octanol–water partition coefficient (Wildman–Crippen LogP) is 2.34. The van der Waals surface area contributed by atoms with Crippen LogP contribution in [-0.2, 0) is 6.54 Å². The summed E-state index contributed by atoms with van der Waals surface area (Å²) in [5.74, 6) is 0.0866. The van der Waals surface area contributed by atoms with Gasteiger partial charge < -0.3 is 0 Å². The molecule has 2 rings (SSSR count). The van der Waals surface area contributed by atoms with Crippen LogP contribution in [0.4, 0.5) is 13.2 Å². The van der Waals surface area contributed by atoms with Crippen LogP contribution < -0.4 is 5.56 Å². The molecule has 7 heteroatoms. The second-order valence-electron chi connectivity index (χ2n) is 3.75. The molecule has 1 aliphatic rings. The van der Waals surface area contributed by atoms with Crippen LogP contribution in [0.5, 0.6) is 0 Å². The van der Waals surface area contributed by atoms with E-state index in [1.165, 1.54) is 0 Å². The maximum Gasteiger partial charge on any atom is 0.406 e. The topological polar surface area (TPSA) is 34.9 Å². The molecule has 0 atom stereocenters. The molecule has 3 nitrogen and oxygen atoms in total. The van der Waals surface area contributed by atoms with Crippen LogP contribution in [0.25, 0.3) is 0 Å². The first-order chi connectivity index (χ1) is 7.37. The summed E-state index contributed by atoms with van der Waals surface area (Å²) >= 11 is 5.56. The second kappa shape index (κ2) is 3.76. The van der Waals surface area contributed by atoms with Gasteiger partial charge in [-0.2, -0.15) is 13.2 Å². The van der Waals surface area contributed by atoms with Gasteiger partial charge in [-0.25, -0.2) is 4.98 Å². The standard InChI is InChI=1S/C9H8ClF3N2O/c10-6-3-7(16)15(4-9(11,12)13)8(14-6)5-1-2-5/h3,5H,1-2,4H2. The Hall–Kier alpha value is -1.04. The van der Waals surface area contributed by atoms with Gasteiger partial charge >= 0.3 is 6.18 Å². The van der Waals surface area contributed by atoms with E-state index in [4.69, 9.17) is 11.6 Å². The Kier molecular flexibility index (Phi) is 2.69. The lowest BCUT2D eigenvalue weighted by molar-refractivity contribution is -0.141. The van der Waals surface area contributed by atoms with E-state index in [0.29, 0.717) is 4.57 Å². The third kappa shape index (κ3) is 2.55. The van der Waals surface area contributed by atoms with Gasteiger partial charge in [0.1, 0.15) is 17.5 Å². The van der Waals surface area contributed by atoms with Crippen molar-refractivity contribution < 1.29 is 13.2 Å². The average Bonchev–Trinajstić information content (AvgIpc) is 2.90. The molecule has 88 valence electrons. The Labute approximate surface area is 93.9 Å². The highest BCUT2D eigenvalue weighted by molar-refractivity contribution is 6.29. The third-order valence-corrected chi connectivity index (χ3v) is 2.48. The molecular formula is C9H8ClF3N2O. The number of hydrogen-bond donors (Lipinski definition) is 0. The number of halogens is 4. The van der Waals surface area contributed by atoms with E-state index in [9.17, 15) is 18.0 Å². The van der Waals surface area contributed by atoms with Crippen LogP contribution in [0.3, 0.4) is 0 Å². The van der Waals surface area contributed by atoms with Crippen LogP contribution in [-0.4, -0.2) is 15.7 Å². The van der Waals surface area contributed by atoms with Crippen molar-refractivity contribution >= 4 is 11.6 Å². The van der Waals surface area contributed by atoms with Gasteiger partial charge in [0, 0.05) is 12.0 Å². The lowest BCUT2D eigenvalue weighted by atomic mass is 10.3. The molecule has 0 aliphatic heterocycles. The first-order valence-electron chi connectivity index (χ1n) is 4.71. The molecule has 0 saturated heterocycles. The third-order valence-electron chi connectivity index (χ3n) is 2.29. The van der Waals surface area contributed by atoms with Gasteiger partial charge in [0.25, 0.3) is 5.56 Å². The molecule has 0 amide bonds. The molecule has 1 aromatic heterocycles. The maximum atomic E-state index is 12.3. The van der Waals surface area contributed by atoms with Gasteiger partial charge in [-0.3, -0.25) is 9.36 Å². The number of alkyl halides is 3. The zero-order valence-electron chi connectivity index (χ0n) is 8.09. The fourth-order valence-electron chi connectivity index (χ4n) is 1.49. The van der Waals surface area contributed by atoms with Gasteiger partial charge in [0.2, 0.25) is 0 Å². The Morgan fingerprint density at radius 1 is 1.50 bits per heavy atom. The highest BCUT2D eigenvalue weighted by atomic mass is 35.5. The van der Waals surface area contributed by atoms with E-state index in [1.807, 2.05) is 0 Å². The van der Waals surface area contributed by atoms with Crippen molar-refractivity contribution in [3.05, 3.63) is 27.4 Å². The summed E-state index contributed by atoms with van der Waals surface area (Å²) in [6, 6.07) is 0.902. The van der Waals surface area contributed by atoms with Crippen LogP contribution >= 0.6 is 11.6 Å². The minimum absolute atomic E-state index is 0.0506. The van der Waals surface area contributed by atoms with E-state index >= 15 is 0 Å². The molecule has 1 saturated carbocycles. The minimum atomic E-state index is -4.43. The summed E-state index contributed by atoms with van der Waals surface area (Å²) in [6.45, 7) is -1.30. The molecule has 0 spiro atoms. The number of nitrogens with zero attached hydrogens (tertiary/aromatic N) is 2. The normalized spacial score (nSPS) is 16.5. The molecule has 0 radical (unpaired) electrons. The van der Waals surface area contributed by atoms with Crippen molar-refractivity contribution in [2.45, 2.75) is 31.5 Å². The van der Waals surface area contributed by atoms with E-state index < -0.39 is 18.3 Å². The van der Waals surface area contributed by atoms with Gasteiger partial charge in [-0.1, -0.05) is 11.6 Å². The molecule has 0 aromatic carbocycles. The van der Waals surface area contributed by atoms with Crippen LogP contribution in [0.1, 0.15) is 24.6 Å². The Morgan fingerprint density at radius 2 is 2.12 bits per heavy atom. The quantitative estimate of drug-likeness (QED) is 0.757. The number of aromatic nitrogens is 2. The van der Waals surface area contributed by atoms with Gasteiger partial charge in [0.15, 0.2) is 0 Å². The molecule has 16 heavy (non-hydrogen) atoms. The monoisotopic (exact) mass is 252 g/mol. The van der Waals surface area contributed by atoms with Gasteiger partial charge in [-0.15, -0.1) is 0 Å². The van der Waals surface area contributed by atoms with Crippen molar-refractivity contribution in [1.82, 2.24) is 9.55 Å². The van der Waals surface area contributed by atoms with Crippen LogP contribution in [0.15, 0.2) is 10.9 Å². The van der Waals surface area contributed by atoms with Crippen molar-refractivity contribution in [3.8, 4) is 0 Å². The zero-order chi connectivity index (χ0) is 11.9. The lowest BCUT2D eigenvalue weighted by Gasteiger charge is -2.13. The molecule has 0 N–H and O–H groups in total. The largest absolute Gasteiger partial charge is 0.406 e. The average molecular weight is 253 g/mol. The summed E-state index contributed by atoms with van der Waals surface area (Å²) in [5.41, 5.74) is -0.751. The first-order valence-corrected chi connectivity index (χ1v) is 5.08. The van der Waals surface area contributed by atoms with Crippen molar-refractivity contribution in [1.29, 1.82) is 0 Å². The maximum absolute atomic E-state index is 12.3. The van der Waals surface area contributed by atoms with E-state index in [0.717, 1.165) is 18.9 Å². The lowest BCUT2D eigenvalue weighted by Crippen LogP contribution is -2.31. The highest BCUT2D eigenvalue weighted by Gasteiger charge is 2.34. The minimum Gasteiger partial charge on any atom is -0.287 e. The zero-order valence-corrected chi connectivity index (χ0v) is 8.85. The molecule has 1 heterocycles. The molecule has 1 aromatic rings. The highest BCUT2D eigenvalue weighted by Crippen LogP contribution is 2.39. The summed E-state index contributed by atoms with van der Waals surface area (Å²) in [6.07, 6.45) is -2.92. The fraction of sp³-hybridized carbons (Fsp3) is 0.556. The van der Waals surface area contributed by atoms with E-state index in [-0.39, 0.29) is 16.9 Å². The van der Waals surface area contributed by atoms with Crippen molar-refractivity contribution in [2.75, 3.05) is 0 Å². The second-order valence-corrected chi connectivity index (χ2v) is 4.14. The number of rotatable bonds is 2. The fourth-order valence-corrected chi connectivity index (χ4v) is 1.67. The van der Waals surface area contributed by atoms with Crippen LogP contribution in [0, 0.1) is 0 Å². The van der Waals surface area contributed by atoms with Gasteiger partial charge in [-0.05, 0) is 12.8 Å². The van der Waals surface area contributed by atoms with Crippen LogP contribution in [0.2, 0.25) is 5.15 Å². The molecular weight excluding hydrogens is 245 g/mol.